The van der Waals surface area contributed by atoms with Gasteiger partial charge in [-0.05, 0) is 30.3 Å². The first-order chi connectivity index (χ1) is 12.4. The lowest BCUT2D eigenvalue weighted by molar-refractivity contribution is 1.13. The molecule has 0 atom stereocenters. The van der Waals surface area contributed by atoms with Crippen molar-refractivity contribution < 1.29 is 0 Å². The third-order valence-electron chi connectivity index (χ3n) is 4.53. The summed E-state index contributed by atoms with van der Waals surface area (Å²) in [5.74, 6) is 0.736. The van der Waals surface area contributed by atoms with Crippen molar-refractivity contribution in [3.63, 3.8) is 0 Å². The Morgan fingerprint density at radius 1 is 0.560 bits per heavy atom. The highest BCUT2D eigenvalue weighted by Gasteiger charge is 2.15. The maximum Gasteiger partial charge on any atom is 0.161 e. The van der Waals surface area contributed by atoms with Crippen molar-refractivity contribution in [2.24, 2.45) is 0 Å². The Hall–Kier alpha value is -3.46. The maximum absolute atomic E-state index is 4.46. The van der Waals surface area contributed by atoms with Crippen molar-refractivity contribution in [2.75, 3.05) is 0 Å². The highest BCUT2D eigenvalue weighted by atomic mass is 15.0. The molecule has 0 spiro atoms. The van der Waals surface area contributed by atoms with Gasteiger partial charge in [-0.2, -0.15) is 0 Å². The Labute approximate surface area is 145 Å². The van der Waals surface area contributed by atoms with E-state index in [9.17, 15) is 0 Å². The predicted molar refractivity (Wildman–Crippen MR) is 102 cm³/mol. The molecule has 0 unspecified atom stereocenters. The molecule has 0 radical (unpaired) electrons. The summed E-state index contributed by atoms with van der Waals surface area (Å²) in [4.78, 5) is 8.91. The smallest absolute Gasteiger partial charge is 0.161 e. The summed E-state index contributed by atoms with van der Waals surface area (Å²) in [5, 5.41) is 2.50. The van der Waals surface area contributed by atoms with E-state index in [4.69, 9.17) is 0 Å². The normalized spacial score (nSPS) is 11.2. The second-order valence-electron chi connectivity index (χ2n) is 5.96. The van der Waals surface area contributed by atoms with E-state index in [1.165, 1.54) is 21.8 Å². The minimum atomic E-state index is 0.736. The van der Waals surface area contributed by atoms with Crippen LogP contribution in [0.25, 0.3) is 38.9 Å². The standard InChI is InChI=1S/C22H15N3/c1-4-11-19-16(8-1)17-9-2-5-12-20(17)25(19)21-13-6-3-10-18(21)22-23-14-7-15-24-22/h1-15H. The molecular formula is C22H15N3. The number of fused-ring (bicyclic) bond motifs is 3. The minimum absolute atomic E-state index is 0.736. The molecule has 0 saturated carbocycles. The van der Waals surface area contributed by atoms with Gasteiger partial charge in [0.1, 0.15) is 0 Å². The average Bonchev–Trinajstić information content (AvgIpc) is 3.03. The first-order valence-corrected chi connectivity index (χ1v) is 8.28. The van der Waals surface area contributed by atoms with E-state index in [-0.39, 0.29) is 0 Å². The van der Waals surface area contributed by atoms with Gasteiger partial charge in [-0.1, -0.05) is 48.5 Å². The average molecular weight is 321 g/mol. The number of hydrogen-bond acceptors (Lipinski definition) is 2. The molecule has 0 aliphatic carbocycles. The van der Waals surface area contributed by atoms with Crippen LogP contribution in [-0.2, 0) is 0 Å². The van der Waals surface area contributed by atoms with Crippen LogP contribution in [0.3, 0.4) is 0 Å². The first kappa shape index (κ1) is 13.9. The van der Waals surface area contributed by atoms with E-state index >= 15 is 0 Å². The van der Waals surface area contributed by atoms with Crippen LogP contribution in [0.15, 0.2) is 91.3 Å². The zero-order valence-corrected chi connectivity index (χ0v) is 13.5. The number of benzene rings is 3. The number of nitrogens with zero attached hydrogens (tertiary/aromatic N) is 3. The Bertz CT molecular complexity index is 1140. The second kappa shape index (κ2) is 5.56. The molecule has 25 heavy (non-hydrogen) atoms. The third kappa shape index (κ3) is 2.13. The van der Waals surface area contributed by atoms with E-state index in [1.807, 2.05) is 12.1 Å². The van der Waals surface area contributed by atoms with Crippen LogP contribution in [0.4, 0.5) is 0 Å². The van der Waals surface area contributed by atoms with Gasteiger partial charge in [0.2, 0.25) is 0 Å². The molecule has 0 aliphatic rings. The van der Waals surface area contributed by atoms with Crippen molar-refractivity contribution in [3.8, 4) is 17.1 Å². The summed E-state index contributed by atoms with van der Waals surface area (Å²) in [5.41, 5.74) is 4.49. The van der Waals surface area contributed by atoms with Crippen LogP contribution in [0.5, 0.6) is 0 Å². The van der Waals surface area contributed by atoms with Crippen molar-refractivity contribution in [3.05, 3.63) is 91.3 Å². The molecule has 3 heteroatoms. The van der Waals surface area contributed by atoms with Gasteiger partial charge in [-0.15, -0.1) is 0 Å². The molecule has 0 aliphatic heterocycles. The highest BCUT2D eigenvalue weighted by molar-refractivity contribution is 6.09. The molecule has 0 N–H and O–H groups in total. The molecule has 3 nitrogen and oxygen atoms in total. The Balaban J connectivity index is 1.92. The van der Waals surface area contributed by atoms with Gasteiger partial charge < -0.3 is 4.57 Å². The lowest BCUT2D eigenvalue weighted by Gasteiger charge is -2.12. The Morgan fingerprint density at radius 3 is 1.80 bits per heavy atom. The van der Waals surface area contributed by atoms with Crippen LogP contribution >= 0.6 is 0 Å². The number of aromatic nitrogens is 3. The molecule has 0 bridgehead atoms. The van der Waals surface area contributed by atoms with Crippen molar-refractivity contribution in [1.82, 2.24) is 14.5 Å². The van der Waals surface area contributed by atoms with Crippen molar-refractivity contribution >= 4 is 21.8 Å². The molecule has 5 aromatic rings. The van der Waals surface area contributed by atoms with Gasteiger partial charge in [0.05, 0.1) is 16.7 Å². The van der Waals surface area contributed by atoms with Gasteiger partial charge in [-0.25, -0.2) is 9.97 Å². The minimum Gasteiger partial charge on any atom is -0.309 e. The van der Waals surface area contributed by atoms with Crippen LogP contribution in [-0.4, -0.2) is 14.5 Å². The molecule has 0 fully saturated rings. The molecule has 5 rings (SSSR count). The molecule has 118 valence electrons. The van der Waals surface area contributed by atoms with Gasteiger partial charge >= 0.3 is 0 Å². The first-order valence-electron chi connectivity index (χ1n) is 8.28. The van der Waals surface area contributed by atoms with E-state index in [0.29, 0.717) is 0 Å². The van der Waals surface area contributed by atoms with Gasteiger partial charge in [0.25, 0.3) is 0 Å². The van der Waals surface area contributed by atoms with E-state index in [0.717, 1.165) is 17.1 Å². The van der Waals surface area contributed by atoms with Gasteiger partial charge in [0, 0.05) is 28.7 Å². The van der Waals surface area contributed by atoms with Crippen LogP contribution in [0.2, 0.25) is 0 Å². The Kier molecular flexibility index (Phi) is 3.10. The monoisotopic (exact) mass is 321 g/mol. The topological polar surface area (TPSA) is 30.7 Å². The number of rotatable bonds is 2. The van der Waals surface area contributed by atoms with E-state index in [2.05, 4.69) is 81.3 Å². The second-order valence-corrected chi connectivity index (χ2v) is 5.96. The van der Waals surface area contributed by atoms with Crippen LogP contribution < -0.4 is 0 Å². The molecule has 0 saturated heterocycles. The Morgan fingerprint density at radius 2 is 1.12 bits per heavy atom. The predicted octanol–water partition coefficient (Wildman–Crippen LogP) is 5.24. The quantitative estimate of drug-likeness (QED) is 0.445. The molecule has 0 amide bonds. The lowest BCUT2D eigenvalue weighted by atomic mass is 10.1. The highest BCUT2D eigenvalue weighted by Crippen LogP contribution is 2.34. The molecule has 3 aromatic carbocycles. The van der Waals surface area contributed by atoms with Crippen LogP contribution in [0.1, 0.15) is 0 Å². The largest absolute Gasteiger partial charge is 0.309 e. The summed E-state index contributed by atoms with van der Waals surface area (Å²) in [6, 6.07) is 27.2. The summed E-state index contributed by atoms with van der Waals surface area (Å²) in [6.07, 6.45) is 3.57. The van der Waals surface area contributed by atoms with Gasteiger partial charge in [0.15, 0.2) is 5.82 Å². The van der Waals surface area contributed by atoms with Gasteiger partial charge in [-0.3, -0.25) is 0 Å². The zero-order chi connectivity index (χ0) is 16.6. The van der Waals surface area contributed by atoms with Crippen LogP contribution in [0, 0.1) is 0 Å². The summed E-state index contributed by atoms with van der Waals surface area (Å²) < 4.78 is 2.30. The zero-order valence-electron chi connectivity index (χ0n) is 13.5. The van der Waals surface area contributed by atoms with Crippen molar-refractivity contribution in [2.45, 2.75) is 0 Å². The fraction of sp³-hybridized carbons (Fsp3) is 0. The fourth-order valence-corrected chi connectivity index (χ4v) is 3.48. The molecule has 2 heterocycles. The summed E-state index contributed by atoms with van der Waals surface area (Å²) in [6.45, 7) is 0. The number of hydrogen-bond donors (Lipinski definition) is 0. The molecular weight excluding hydrogens is 306 g/mol. The summed E-state index contributed by atoms with van der Waals surface area (Å²) >= 11 is 0. The maximum atomic E-state index is 4.46. The number of para-hydroxylation sites is 3. The SMILES string of the molecule is c1cnc(-c2ccccc2-n2c3ccccc3c3ccccc32)nc1. The van der Waals surface area contributed by atoms with E-state index < -0.39 is 0 Å². The summed E-state index contributed by atoms with van der Waals surface area (Å²) in [7, 11) is 0. The third-order valence-corrected chi connectivity index (χ3v) is 4.53. The van der Waals surface area contributed by atoms with E-state index in [1.54, 1.807) is 12.4 Å². The fourth-order valence-electron chi connectivity index (χ4n) is 3.48. The molecule has 2 aromatic heterocycles. The lowest BCUT2D eigenvalue weighted by Crippen LogP contribution is -1.98. The van der Waals surface area contributed by atoms with Crippen molar-refractivity contribution in [1.29, 1.82) is 0 Å².